The van der Waals surface area contributed by atoms with Crippen LogP contribution in [-0.2, 0) is 17.6 Å². The molecule has 0 atom stereocenters. The molecule has 0 saturated carbocycles. The van der Waals surface area contributed by atoms with Crippen molar-refractivity contribution in [3.63, 3.8) is 0 Å². The van der Waals surface area contributed by atoms with Gasteiger partial charge in [-0.1, -0.05) is 25.1 Å². The Balaban J connectivity index is 1.36. The van der Waals surface area contributed by atoms with Crippen LogP contribution in [0.3, 0.4) is 0 Å². The number of fused-ring (bicyclic) bond motifs is 1. The van der Waals surface area contributed by atoms with Crippen LogP contribution in [0.1, 0.15) is 27.2 Å². The van der Waals surface area contributed by atoms with E-state index in [1.807, 2.05) is 47.2 Å². The van der Waals surface area contributed by atoms with Crippen molar-refractivity contribution in [2.75, 3.05) is 26.2 Å². The molecule has 0 aliphatic carbocycles. The fraction of sp³-hybridized carbons (Fsp3) is 0.350. The minimum atomic E-state index is 0.0240. The van der Waals surface area contributed by atoms with Crippen LogP contribution in [0.4, 0.5) is 0 Å². The molecular weight excluding hydrogens is 360 g/mol. The molecule has 0 radical (unpaired) electrons. The third-order valence-electron chi connectivity index (χ3n) is 5.00. The summed E-state index contributed by atoms with van der Waals surface area (Å²) in [5.74, 6) is 0.133. The molecule has 1 aromatic carbocycles. The van der Waals surface area contributed by atoms with E-state index >= 15 is 0 Å². The van der Waals surface area contributed by atoms with Crippen molar-refractivity contribution in [3.8, 4) is 0 Å². The summed E-state index contributed by atoms with van der Waals surface area (Å²) < 4.78 is 0. The Labute approximate surface area is 161 Å². The number of aromatic amines is 1. The minimum Gasteiger partial charge on any atom is -0.361 e. The first-order chi connectivity index (χ1) is 13.2. The highest BCUT2D eigenvalue weighted by molar-refractivity contribution is 7.13. The van der Waals surface area contributed by atoms with E-state index in [1.165, 1.54) is 11.3 Å². The summed E-state index contributed by atoms with van der Waals surface area (Å²) in [6.07, 6.45) is 4.80. The molecule has 1 aliphatic rings. The SMILES string of the molecule is CCc1ncc(C(=O)N2CCN(C(=O)Cc3c[nH]c4ccccc34)CC2)s1. The average molecular weight is 382 g/mol. The van der Waals surface area contributed by atoms with Crippen LogP contribution >= 0.6 is 11.3 Å². The number of carbonyl (C=O) groups is 2. The number of aryl methyl sites for hydroxylation is 1. The molecule has 4 rings (SSSR count). The van der Waals surface area contributed by atoms with E-state index in [0.29, 0.717) is 37.5 Å². The van der Waals surface area contributed by atoms with Crippen LogP contribution in [0, 0.1) is 0 Å². The first-order valence-corrected chi connectivity index (χ1v) is 10.0. The Morgan fingerprint density at radius 3 is 2.63 bits per heavy atom. The van der Waals surface area contributed by atoms with Crippen molar-refractivity contribution in [2.24, 2.45) is 0 Å². The molecule has 1 N–H and O–H groups in total. The molecule has 140 valence electrons. The lowest BCUT2D eigenvalue weighted by Crippen LogP contribution is -2.50. The maximum atomic E-state index is 12.7. The molecular formula is C20H22N4O2S. The lowest BCUT2D eigenvalue weighted by molar-refractivity contribution is -0.131. The third kappa shape index (κ3) is 3.60. The highest BCUT2D eigenvalue weighted by Crippen LogP contribution is 2.20. The minimum absolute atomic E-state index is 0.0240. The Morgan fingerprint density at radius 2 is 1.89 bits per heavy atom. The first-order valence-electron chi connectivity index (χ1n) is 9.22. The molecule has 1 aliphatic heterocycles. The molecule has 2 amide bonds. The maximum absolute atomic E-state index is 12.7. The zero-order valence-corrected chi connectivity index (χ0v) is 16.1. The Hall–Kier alpha value is -2.67. The number of carbonyl (C=O) groups excluding carboxylic acids is 2. The molecule has 7 heteroatoms. The number of H-pyrrole nitrogens is 1. The van der Waals surface area contributed by atoms with Gasteiger partial charge in [0.05, 0.1) is 17.6 Å². The molecule has 0 spiro atoms. The van der Waals surface area contributed by atoms with Crippen LogP contribution in [0.2, 0.25) is 0 Å². The predicted molar refractivity (Wildman–Crippen MR) is 106 cm³/mol. The van der Waals surface area contributed by atoms with Gasteiger partial charge in [-0.05, 0) is 18.1 Å². The van der Waals surface area contributed by atoms with E-state index in [0.717, 1.165) is 27.9 Å². The summed E-state index contributed by atoms with van der Waals surface area (Å²) in [6, 6.07) is 8.01. The van der Waals surface area contributed by atoms with E-state index in [4.69, 9.17) is 0 Å². The van der Waals surface area contributed by atoms with E-state index in [9.17, 15) is 9.59 Å². The number of hydrogen-bond donors (Lipinski definition) is 1. The third-order valence-corrected chi connectivity index (χ3v) is 6.13. The summed E-state index contributed by atoms with van der Waals surface area (Å²) in [5.41, 5.74) is 2.07. The summed E-state index contributed by atoms with van der Waals surface area (Å²) in [7, 11) is 0. The fourth-order valence-corrected chi connectivity index (χ4v) is 4.27. The van der Waals surface area contributed by atoms with Crippen molar-refractivity contribution < 1.29 is 9.59 Å². The van der Waals surface area contributed by atoms with E-state index < -0.39 is 0 Å². The van der Waals surface area contributed by atoms with Gasteiger partial charge in [-0.3, -0.25) is 9.59 Å². The second-order valence-corrected chi connectivity index (χ2v) is 7.80. The molecule has 27 heavy (non-hydrogen) atoms. The monoisotopic (exact) mass is 382 g/mol. The van der Waals surface area contributed by atoms with Crippen molar-refractivity contribution in [1.82, 2.24) is 19.8 Å². The number of para-hydroxylation sites is 1. The average Bonchev–Trinajstić information content (AvgIpc) is 3.35. The van der Waals surface area contributed by atoms with Gasteiger partial charge in [-0.25, -0.2) is 4.98 Å². The van der Waals surface area contributed by atoms with Gasteiger partial charge in [0, 0.05) is 43.3 Å². The van der Waals surface area contributed by atoms with Gasteiger partial charge >= 0.3 is 0 Å². The van der Waals surface area contributed by atoms with E-state index in [1.54, 1.807) is 6.20 Å². The highest BCUT2D eigenvalue weighted by Gasteiger charge is 2.26. The maximum Gasteiger partial charge on any atom is 0.265 e. The molecule has 6 nitrogen and oxygen atoms in total. The quantitative estimate of drug-likeness (QED) is 0.754. The largest absolute Gasteiger partial charge is 0.361 e. The normalized spacial score (nSPS) is 14.7. The molecule has 3 aromatic rings. The fourth-order valence-electron chi connectivity index (χ4n) is 3.44. The number of benzene rings is 1. The van der Waals surface area contributed by atoms with Crippen LogP contribution < -0.4 is 0 Å². The number of nitrogens with one attached hydrogen (secondary N) is 1. The molecule has 1 saturated heterocycles. The van der Waals surface area contributed by atoms with Gasteiger partial charge in [0.2, 0.25) is 5.91 Å². The number of thiazole rings is 1. The molecule has 0 bridgehead atoms. The predicted octanol–water partition coefficient (Wildman–Crippen LogP) is 2.71. The summed E-state index contributed by atoms with van der Waals surface area (Å²) in [4.78, 5) is 37.1. The summed E-state index contributed by atoms with van der Waals surface area (Å²) >= 11 is 1.46. The second-order valence-electron chi connectivity index (χ2n) is 6.68. The molecule has 2 aromatic heterocycles. The van der Waals surface area contributed by atoms with Gasteiger partial charge in [0.15, 0.2) is 0 Å². The van der Waals surface area contributed by atoms with Crippen LogP contribution in [0.25, 0.3) is 10.9 Å². The lowest BCUT2D eigenvalue weighted by atomic mass is 10.1. The number of nitrogens with zero attached hydrogens (tertiary/aromatic N) is 3. The zero-order valence-electron chi connectivity index (χ0n) is 15.3. The van der Waals surface area contributed by atoms with Crippen molar-refractivity contribution >= 4 is 34.1 Å². The molecule has 1 fully saturated rings. The van der Waals surface area contributed by atoms with Crippen molar-refractivity contribution in [1.29, 1.82) is 0 Å². The highest BCUT2D eigenvalue weighted by atomic mass is 32.1. The number of aromatic nitrogens is 2. The van der Waals surface area contributed by atoms with Crippen LogP contribution in [0.5, 0.6) is 0 Å². The summed E-state index contributed by atoms with van der Waals surface area (Å²) in [5, 5.41) is 2.07. The Morgan fingerprint density at radius 1 is 1.15 bits per heavy atom. The van der Waals surface area contributed by atoms with Gasteiger partial charge in [-0.2, -0.15) is 0 Å². The molecule has 0 unspecified atom stereocenters. The van der Waals surface area contributed by atoms with E-state index in [2.05, 4.69) is 9.97 Å². The standard InChI is InChI=1S/C20H22N4O2S/c1-2-18-22-13-17(27-18)20(26)24-9-7-23(8-10-24)19(25)11-14-12-21-16-6-4-3-5-15(14)16/h3-6,12-13,21H,2,7-11H2,1H3. The van der Waals surface area contributed by atoms with Crippen molar-refractivity contribution in [3.05, 3.63) is 52.1 Å². The van der Waals surface area contributed by atoms with Gasteiger partial charge in [0.25, 0.3) is 5.91 Å². The summed E-state index contributed by atoms with van der Waals surface area (Å²) in [6.45, 7) is 4.32. The van der Waals surface area contributed by atoms with E-state index in [-0.39, 0.29) is 11.8 Å². The lowest BCUT2D eigenvalue weighted by Gasteiger charge is -2.34. The Kier molecular flexibility index (Phi) is 4.94. The Bertz CT molecular complexity index is 969. The number of rotatable bonds is 4. The number of piperazine rings is 1. The van der Waals surface area contributed by atoms with Crippen molar-refractivity contribution in [2.45, 2.75) is 19.8 Å². The zero-order chi connectivity index (χ0) is 18.8. The van der Waals surface area contributed by atoms with Crippen LogP contribution in [-0.4, -0.2) is 57.8 Å². The van der Waals surface area contributed by atoms with Gasteiger partial charge < -0.3 is 14.8 Å². The topological polar surface area (TPSA) is 69.3 Å². The van der Waals surface area contributed by atoms with Crippen LogP contribution in [0.15, 0.2) is 36.7 Å². The smallest absolute Gasteiger partial charge is 0.265 e. The van der Waals surface area contributed by atoms with Gasteiger partial charge in [-0.15, -0.1) is 11.3 Å². The first kappa shape index (κ1) is 17.7. The number of hydrogen-bond acceptors (Lipinski definition) is 4. The van der Waals surface area contributed by atoms with Gasteiger partial charge in [0.1, 0.15) is 4.88 Å². The molecule has 3 heterocycles. The second kappa shape index (κ2) is 7.52. The number of amides is 2.